The lowest BCUT2D eigenvalue weighted by Gasteiger charge is -2.13. The maximum Gasteiger partial charge on any atom is 0.288 e. The van der Waals surface area contributed by atoms with E-state index in [0.717, 1.165) is 11.1 Å². The summed E-state index contributed by atoms with van der Waals surface area (Å²) in [5.41, 5.74) is 2.21. The van der Waals surface area contributed by atoms with Crippen LogP contribution >= 0.6 is 11.6 Å². The van der Waals surface area contributed by atoms with Crippen molar-refractivity contribution in [2.75, 3.05) is 0 Å². The number of halogens is 1. The van der Waals surface area contributed by atoms with Crippen molar-refractivity contribution in [3.63, 3.8) is 0 Å². The van der Waals surface area contributed by atoms with Gasteiger partial charge in [0.05, 0.1) is 17.0 Å². The summed E-state index contributed by atoms with van der Waals surface area (Å²) in [7, 11) is 0. The highest BCUT2D eigenvalue weighted by Crippen LogP contribution is 2.32. The van der Waals surface area contributed by atoms with Gasteiger partial charge in [-0.25, -0.2) is 0 Å². The van der Waals surface area contributed by atoms with E-state index in [0.29, 0.717) is 33.9 Å². The molecule has 30 heavy (non-hydrogen) atoms. The standard InChI is InChI=1S/C24H16ClNO4/c25-16-8-11-19-18(12-16)22(27)20-21(26-24(28)23(20)30-19)15-6-9-17(10-7-15)29-13-14-4-2-1-3-5-14/h1-12,21H,13H2,(H,26,28). The number of fused-ring (bicyclic) bond motifs is 2. The van der Waals surface area contributed by atoms with Crippen molar-refractivity contribution < 1.29 is 13.9 Å². The summed E-state index contributed by atoms with van der Waals surface area (Å²) in [5.74, 6) is 0.335. The van der Waals surface area contributed by atoms with Crippen molar-refractivity contribution in [2.45, 2.75) is 12.6 Å². The predicted molar refractivity (Wildman–Crippen MR) is 114 cm³/mol. The Morgan fingerprint density at radius 3 is 2.50 bits per heavy atom. The summed E-state index contributed by atoms with van der Waals surface area (Å²) in [6.45, 7) is 0.458. The van der Waals surface area contributed by atoms with Gasteiger partial charge in [-0.3, -0.25) is 9.59 Å². The maximum atomic E-state index is 13.1. The van der Waals surface area contributed by atoms with Crippen molar-refractivity contribution >= 4 is 28.5 Å². The minimum absolute atomic E-state index is 0.0456. The molecule has 0 bridgehead atoms. The highest BCUT2D eigenvalue weighted by atomic mass is 35.5. The Morgan fingerprint density at radius 1 is 0.967 bits per heavy atom. The molecule has 5 rings (SSSR count). The fraction of sp³-hybridized carbons (Fsp3) is 0.0833. The molecule has 0 radical (unpaired) electrons. The minimum atomic E-state index is -0.588. The normalized spacial score (nSPS) is 15.1. The summed E-state index contributed by atoms with van der Waals surface area (Å²) in [4.78, 5) is 25.5. The summed E-state index contributed by atoms with van der Waals surface area (Å²) in [6, 6.07) is 21.4. The molecule has 1 amide bonds. The highest BCUT2D eigenvalue weighted by molar-refractivity contribution is 6.31. The molecule has 1 aliphatic rings. The molecule has 1 unspecified atom stereocenters. The molecular formula is C24H16ClNO4. The molecule has 1 N–H and O–H groups in total. The van der Waals surface area contributed by atoms with E-state index in [2.05, 4.69) is 5.32 Å². The van der Waals surface area contributed by atoms with Gasteiger partial charge in [-0.15, -0.1) is 0 Å². The number of nitrogens with one attached hydrogen (secondary N) is 1. The number of rotatable bonds is 4. The Balaban J connectivity index is 1.46. The fourth-order valence-corrected chi connectivity index (χ4v) is 3.80. The van der Waals surface area contributed by atoms with E-state index >= 15 is 0 Å². The summed E-state index contributed by atoms with van der Waals surface area (Å²) < 4.78 is 11.5. The molecular weight excluding hydrogens is 402 g/mol. The topological polar surface area (TPSA) is 68.5 Å². The molecule has 148 valence electrons. The van der Waals surface area contributed by atoms with Gasteiger partial charge in [0.1, 0.15) is 17.9 Å². The smallest absolute Gasteiger partial charge is 0.288 e. The summed E-state index contributed by atoms with van der Waals surface area (Å²) >= 11 is 6.04. The van der Waals surface area contributed by atoms with Crippen LogP contribution in [0.1, 0.15) is 33.3 Å². The van der Waals surface area contributed by atoms with E-state index in [-0.39, 0.29) is 11.2 Å². The summed E-state index contributed by atoms with van der Waals surface area (Å²) in [6.07, 6.45) is 0. The van der Waals surface area contributed by atoms with Gasteiger partial charge < -0.3 is 14.5 Å². The van der Waals surface area contributed by atoms with Gasteiger partial charge in [-0.05, 0) is 41.5 Å². The van der Waals surface area contributed by atoms with Crippen LogP contribution in [0, 0.1) is 0 Å². The van der Waals surface area contributed by atoms with Crippen LogP contribution in [-0.2, 0) is 6.61 Å². The fourth-order valence-electron chi connectivity index (χ4n) is 3.63. The van der Waals surface area contributed by atoms with Crippen molar-refractivity contribution in [2.24, 2.45) is 0 Å². The Kier molecular flexibility index (Phi) is 4.52. The highest BCUT2D eigenvalue weighted by Gasteiger charge is 2.35. The number of hydrogen-bond acceptors (Lipinski definition) is 4. The van der Waals surface area contributed by atoms with Crippen LogP contribution in [0.3, 0.4) is 0 Å². The van der Waals surface area contributed by atoms with Crippen LogP contribution in [0.4, 0.5) is 0 Å². The second-order valence-electron chi connectivity index (χ2n) is 7.06. The Labute approximate surface area is 176 Å². The number of hydrogen-bond donors (Lipinski definition) is 1. The molecule has 0 fully saturated rings. The maximum absolute atomic E-state index is 13.1. The van der Waals surface area contributed by atoms with Gasteiger partial charge in [0.2, 0.25) is 5.76 Å². The lowest BCUT2D eigenvalue weighted by atomic mass is 9.99. The molecule has 0 saturated heterocycles. The van der Waals surface area contributed by atoms with E-state index in [9.17, 15) is 9.59 Å². The summed E-state index contributed by atoms with van der Waals surface area (Å²) in [5, 5.41) is 3.62. The SMILES string of the molecule is O=C1NC(c2ccc(OCc3ccccc3)cc2)c2c1oc1ccc(Cl)cc1c2=O. The van der Waals surface area contributed by atoms with Crippen molar-refractivity contribution in [1.82, 2.24) is 5.32 Å². The first kappa shape index (κ1) is 18.5. The number of ether oxygens (including phenoxy) is 1. The van der Waals surface area contributed by atoms with Gasteiger partial charge in [0, 0.05) is 5.02 Å². The lowest BCUT2D eigenvalue weighted by molar-refractivity contribution is 0.0938. The van der Waals surface area contributed by atoms with Crippen molar-refractivity contribution in [3.05, 3.63) is 110 Å². The number of carbonyl (C=O) groups excluding carboxylic acids is 1. The lowest BCUT2D eigenvalue weighted by Crippen LogP contribution is -2.21. The van der Waals surface area contributed by atoms with Crippen LogP contribution < -0.4 is 15.5 Å². The largest absolute Gasteiger partial charge is 0.489 e. The molecule has 1 aromatic heterocycles. The first-order chi connectivity index (χ1) is 14.6. The van der Waals surface area contributed by atoms with E-state index in [4.69, 9.17) is 20.8 Å². The van der Waals surface area contributed by atoms with Gasteiger partial charge in [0.15, 0.2) is 5.43 Å². The zero-order valence-electron chi connectivity index (χ0n) is 15.7. The predicted octanol–water partition coefficient (Wildman–Crippen LogP) is 4.86. The van der Waals surface area contributed by atoms with Crippen LogP contribution in [0.2, 0.25) is 5.02 Å². The first-order valence-corrected chi connectivity index (χ1v) is 9.82. The van der Waals surface area contributed by atoms with Gasteiger partial charge in [-0.2, -0.15) is 0 Å². The van der Waals surface area contributed by atoms with E-state index in [1.807, 2.05) is 54.6 Å². The van der Waals surface area contributed by atoms with Gasteiger partial charge >= 0.3 is 0 Å². The molecule has 4 aromatic rings. The molecule has 5 nitrogen and oxygen atoms in total. The quantitative estimate of drug-likeness (QED) is 0.515. The third-order valence-corrected chi connectivity index (χ3v) is 5.35. The zero-order chi connectivity index (χ0) is 20.7. The first-order valence-electron chi connectivity index (χ1n) is 9.44. The third-order valence-electron chi connectivity index (χ3n) is 5.12. The van der Waals surface area contributed by atoms with E-state index in [1.165, 1.54) is 0 Å². The molecule has 0 aliphatic carbocycles. The molecule has 6 heteroatoms. The monoisotopic (exact) mass is 417 g/mol. The molecule has 1 atom stereocenters. The molecule has 3 aromatic carbocycles. The third kappa shape index (κ3) is 3.23. The van der Waals surface area contributed by atoms with Crippen LogP contribution in [0.25, 0.3) is 11.0 Å². The second kappa shape index (κ2) is 7.35. The Bertz CT molecular complexity index is 1310. The van der Waals surface area contributed by atoms with Crippen LogP contribution in [0.15, 0.2) is 82.0 Å². The minimum Gasteiger partial charge on any atom is -0.489 e. The number of benzene rings is 3. The number of carbonyl (C=O) groups is 1. The number of amides is 1. The van der Waals surface area contributed by atoms with Crippen molar-refractivity contribution in [1.29, 1.82) is 0 Å². The average Bonchev–Trinajstić information content (AvgIpc) is 3.11. The Morgan fingerprint density at radius 2 is 1.73 bits per heavy atom. The van der Waals surface area contributed by atoms with E-state index in [1.54, 1.807) is 18.2 Å². The molecule has 2 heterocycles. The second-order valence-corrected chi connectivity index (χ2v) is 7.50. The average molecular weight is 418 g/mol. The van der Waals surface area contributed by atoms with Crippen LogP contribution in [-0.4, -0.2) is 5.91 Å². The van der Waals surface area contributed by atoms with Crippen molar-refractivity contribution in [3.8, 4) is 5.75 Å². The molecule has 1 aliphatic heterocycles. The van der Waals surface area contributed by atoms with E-state index < -0.39 is 11.9 Å². The van der Waals surface area contributed by atoms with Crippen LogP contribution in [0.5, 0.6) is 5.75 Å². The molecule has 0 saturated carbocycles. The zero-order valence-corrected chi connectivity index (χ0v) is 16.5. The Hall–Kier alpha value is -3.57. The molecule has 0 spiro atoms. The van der Waals surface area contributed by atoms with Gasteiger partial charge in [0.25, 0.3) is 5.91 Å². The van der Waals surface area contributed by atoms with Gasteiger partial charge in [-0.1, -0.05) is 54.1 Å².